The summed E-state index contributed by atoms with van der Waals surface area (Å²) in [5.41, 5.74) is 6.66. The fraction of sp³-hybridized carbons (Fsp3) is 0.458. The molecule has 2 heterocycles. The van der Waals surface area contributed by atoms with Crippen molar-refractivity contribution in [1.29, 1.82) is 0 Å². The fourth-order valence-corrected chi connectivity index (χ4v) is 6.23. The first kappa shape index (κ1) is 25.2. The Labute approximate surface area is 216 Å². The molecule has 0 radical (unpaired) electrons. The summed E-state index contributed by atoms with van der Waals surface area (Å²) in [6, 6.07) is 5.28. The van der Waals surface area contributed by atoms with E-state index in [4.69, 9.17) is 17.3 Å². The molecule has 0 saturated heterocycles. The number of nitrogens with two attached hydrogens (primary N) is 1. The average Bonchev–Trinajstić information content (AvgIpc) is 3.57. The monoisotopic (exact) mass is 531 g/mol. The second-order valence-corrected chi connectivity index (χ2v) is 10.3. The molecule has 4 N–H and O–H groups in total. The zero-order valence-corrected chi connectivity index (χ0v) is 21.1. The second kappa shape index (κ2) is 9.10. The number of nitrogens with zero attached hydrogens (tertiary/aromatic N) is 5. The van der Waals surface area contributed by atoms with Gasteiger partial charge in [-0.1, -0.05) is 11.6 Å². The summed E-state index contributed by atoms with van der Waals surface area (Å²) < 4.78 is 16.5. The van der Waals surface area contributed by atoms with Gasteiger partial charge in [0.2, 0.25) is 0 Å². The molecular formula is C24H27ClFN7O4. The molecule has 37 heavy (non-hydrogen) atoms. The highest BCUT2D eigenvalue weighted by atomic mass is 35.5. The molecule has 0 aliphatic heterocycles. The fourth-order valence-electron chi connectivity index (χ4n) is 6.05. The maximum Gasteiger partial charge on any atom is 0.390 e. The van der Waals surface area contributed by atoms with Crippen LogP contribution in [-0.2, 0) is 19.2 Å². The zero-order valence-electron chi connectivity index (χ0n) is 20.3. The summed E-state index contributed by atoms with van der Waals surface area (Å²) in [5, 5.41) is 33.9. The molecule has 1 aromatic carbocycles. The molecule has 5 rings (SSSR count). The molecule has 3 aromatic rings. The van der Waals surface area contributed by atoms with Gasteiger partial charge < -0.3 is 26.3 Å². The summed E-state index contributed by atoms with van der Waals surface area (Å²) >= 11 is 5.84. The normalized spacial score (nSPS) is 24.8. The third-order valence-corrected chi connectivity index (χ3v) is 7.97. The Morgan fingerprint density at radius 2 is 2.00 bits per heavy atom. The predicted octanol–water partition coefficient (Wildman–Crippen LogP) is 3.96. The van der Waals surface area contributed by atoms with Crippen molar-refractivity contribution in [3.63, 3.8) is 0 Å². The molecule has 2 aliphatic rings. The number of amides is 1. The van der Waals surface area contributed by atoms with Crippen molar-refractivity contribution >= 4 is 34.8 Å². The van der Waals surface area contributed by atoms with Crippen LogP contribution in [0.5, 0.6) is 0 Å². The van der Waals surface area contributed by atoms with Crippen LogP contribution in [-0.4, -0.2) is 35.5 Å². The van der Waals surface area contributed by atoms with Crippen LogP contribution in [0.2, 0.25) is 5.02 Å². The van der Waals surface area contributed by atoms with E-state index in [0.29, 0.717) is 49.3 Å². The van der Waals surface area contributed by atoms with Crippen molar-refractivity contribution in [2.45, 2.75) is 50.7 Å². The molecule has 2 atom stereocenters. The van der Waals surface area contributed by atoms with Gasteiger partial charge in [-0.15, -0.1) is 0 Å². The highest BCUT2D eigenvalue weighted by Gasteiger charge is 2.52. The minimum absolute atomic E-state index is 0.0500. The van der Waals surface area contributed by atoms with Crippen LogP contribution in [0.1, 0.15) is 60.3 Å². The van der Waals surface area contributed by atoms with Crippen LogP contribution in [0, 0.1) is 27.8 Å². The lowest BCUT2D eigenvalue weighted by molar-refractivity contribution is -0.389. The molecule has 2 unspecified atom stereocenters. The van der Waals surface area contributed by atoms with Crippen LogP contribution in [0.25, 0.3) is 0 Å². The Balaban J connectivity index is 1.36. The van der Waals surface area contributed by atoms with Gasteiger partial charge in [-0.05, 0) is 67.6 Å². The van der Waals surface area contributed by atoms with E-state index >= 15 is 0 Å². The average molecular weight is 532 g/mol. The molecule has 11 nitrogen and oxygen atoms in total. The van der Waals surface area contributed by atoms with Gasteiger partial charge in [0.1, 0.15) is 22.8 Å². The Kier molecular flexibility index (Phi) is 6.19. The summed E-state index contributed by atoms with van der Waals surface area (Å²) in [4.78, 5) is 23.9. The minimum atomic E-state index is -1.21. The van der Waals surface area contributed by atoms with Crippen molar-refractivity contribution in [2.75, 3.05) is 11.1 Å². The Bertz CT molecular complexity index is 1390. The third-order valence-electron chi connectivity index (χ3n) is 7.68. The molecule has 0 bridgehead atoms. The molecule has 2 fully saturated rings. The third kappa shape index (κ3) is 4.33. The van der Waals surface area contributed by atoms with Crippen LogP contribution >= 0.6 is 11.6 Å². The van der Waals surface area contributed by atoms with Crippen LogP contribution in [0.3, 0.4) is 0 Å². The number of nitrogen functional groups attached to an aromatic ring is 1. The predicted molar refractivity (Wildman–Crippen MR) is 134 cm³/mol. The van der Waals surface area contributed by atoms with Gasteiger partial charge in [0, 0.05) is 18.7 Å². The van der Waals surface area contributed by atoms with E-state index in [9.17, 15) is 24.4 Å². The van der Waals surface area contributed by atoms with Gasteiger partial charge in [-0.2, -0.15) is 9.78 Å². The maximum atomic E-state index is 13.5. The standard InChI is InChI=1S/C24H27ClFN7O4/c1-3-32-18(9-19(29-32)33(36)37)24(35)10-13-6-12(7-14(13)11-24)21-20(22(27)31(2)30-21)23(34)28-15-4-5-17(26)16(25)8-15/h4-5,8-9,12-14,35H,3,6-7,10-11,27H2,1-2H3,(H,28,34). The van der Waals surface area contributed by atoms with E-state index < -0.39 is 22.2 Å². The van der Waals surface area contributed by atoms with Crippen molar-refractivity contribution < 1.29 is 19.2 Å². The lowest BCUT2D eigenvalue weighted by atomic mass is 9.89. The molecule has 13 heteroatoms. The molecule has 0 spiro atoms. The number of nitrogens with one attached hydrogen (secondary N) is 1. The summed E-state index contributed by atoms with van der Waals surface area (Å²) in [5.74, 6) is -0.873. The van der Waals surface area contributed by atoms with E-state index in [1.54, 1.807) is 7.05 Å². The van der Waals surface area contributed by atoms with Gasteiger partial charge in [0.25, 0.3) is 5.91 Å². The SMILES string of the molecule is CCn1nc([N+](=O)[O-])cc1C1(O)CC2CC(c3nn(C)c(N)c3C(=O)Nc3ccc(F)c(Cl)c3)CC2C1. The van der Waals surface area contributed by atoms with E-state index in [-0.39, 0.29) is 40.0 Å². The Morgan fingerprint density at radius 1 is 1.32 bits per heavy atom. The molecule has 2 aliphatic carbocycles. The van der Waals surface area contributed by atoms with E-state index in [1.807, 2.05) is 6.92 Å². The number of anilines is 2. The molecule has 2 saturated carbocycles. The van der Waals surface area contributed by atoms with Gasteiger partial charge in [-0.3, -0.25) is 9.48 Å². The highest BCUT2D eigenvalue weighted by molar-refractivity contribution is 6.31. The van der Waals surface area contributed by atoms with Crippen molar-refractivity contribution in [1.82, 2.24) is 19.6 Å². The molecule has 196 valence electrons. The van der Waals surface area contributed by atoms with Crippen molar-refractivity contribution in [3.8, 4) is 0 Å². The van der Waals surface area contributed by atoms with E-state index in [1.165, 1.54) is 33.6 Å². The number of carbonyl (C=O) groups is 1. The quantitative estimate of drug-likeness (QED) is 0.321. The number of benzene rings is 1. The van der Waals surface area contributed by atoms with Crippen molar-refractivity contribution in [2.24, 2.45) is 18.9 Å². The van der Waals surface area contributed by atoms with Crippen LogP contribution in [0.4, 0.5) is 21.7 Å². The summed E-state index contributed by atoms with van der Waals surface area (Å²) in [7, 11) is 1.66. The molecular weight excluding hydrogens is 505 g/mol. The second-order valence-electron chi connectivity index (χ2n) is 9.94. The number of aromatic nitrogens is 4. The summed E-state index contributed by atoms with van der Waals surface area (Å²) in [6.07, 6.45) is 2.26. The van der Waals surface area contributed by atoms with Gasteiger partial charge in [-0.25, -0.2) is 4.39 Å². The number of carbonyl (C=O) groups excluding carboxylic acids is 1. The van der Waals surface area contributed by atoms with Crippen LogP contribution < -0.4 is 11.1 Å². The lowest BCUT2D eigenvalue weighted by Crippen LogP contribution is -2.27. The lowest BCUT2D eigenvalue weighted by Gasteiger charge is -2.24. The topological polar surface area (TPSA) is 154 Å². The number of aryl methyl sites for hydroxylation is 2. The number of fused-ring (bicyclic) bond motifs is 1. The number of hydrogen-bond acceptors (Lipinski definition) is 7. The number of halogens is 2. The number of hydrogen-bond donors (Lipinski definition) is 3. The first-order valence-electron chi connectivity index (χ1n) is 12.0. The van der Waals surface area contributed by atoms with Crippen molar-refractivity contribution in [3.05, 3.63) is 62.2 Å². The highest BCUT2D eigenvalue weighted by Crippen LogP contribution is 2.57. The minimum Gasteiger partial charge on any atom is -0.383 e. The van der Waals surface area contributed by atoms with Gasteiger partial charge >= 0.3 is 5.82 Å². The van der Waals surface area contributed by atoms with Gasteiger partial charge in [0.05, 0.1) is 34.1 Å². The maximum absolute atomic E-state index is 13.5. The first-order valence-corrected chi connectivity index (χ1v) is 12.4. The largest absolute Gasteiger partial charge is 0.390 e. The number of nitro groups is 1. The number of aliphatic hydroxyl groups is 1. The number of rotatable bonds is 6. The van der Waals surface area contributed by atoms with Gasteiger partial charge in [0.15, 0.2) is 0 Å². The zero-order chi connectivity index (χ0) is 26.6. The molecule has 1 amide bonds. The molecule has 2 aromatic heterocycles. The van der Waals surface area contributed by atoms with E-state index in [0.717, 1.165) is 0 Å². The van der Waals surface area contributed by atoms with Crippen LogP contribution in [0.15, 0.2) is 24.3 Å². The Morgan fingerprint density at radius 3 is 2.59 bits per heavy atom. The first-order chi connectivity index (χ1) is 17.5. The smallest absolute Gasteiger partial charge is 0.383 e. The summed E-state index contributed by atoms with van der Waals surface area (Å²) in [6.45, 7) is 2.24. The Hall–Kier alpha value is -3.51. The van der Waals surface area contributed by atoms with E-state index in [2.05, 4.69) is 15.5 Å².